The van der Waals surface area contributed by atoms with Crippen molar-refractivity contribution in [3.63, 3.8) is 0 Å². The summed E-state index contributed by atoms with van der Waals surface area (Å²) in [5, 5.41) is 3.08. The van der Waals surface area contributed by atoms with Gasteiger partial charge in [-0.1, -0.05) is 18.2 Å². The lowest BCUT2D eigenvalue weighted by Crippen LogP contribution is -2.42. The van der Waals surface area contributed by atoms with E-state index < -0.39 is 0 Å². The quantitative estimate of drug-likeness (QED) is 0.556. The molecule has 1 atom stereocenters. The first-order valence-corrected chi connectivity index (χ1v) is 11.3. The predicted octanol–water partition coefficient (Wildman–Crippen LogP) is 4.20. The maximum absolute atomic E-state index is 12.9. The van der Waals surface area contributed by atoms with E-state index in [9.17, 15) is 4.79 Å². The molecule has 1 saturated heterocycles. The zero-order valence-corrected chi connectivity index (χ0v) is 19.5. The van der Waals surface area contributed by atoms with E-state index in [0.717, 1.165) is 53.5 Å². The molecule has 33 heavy (non-hydrogen) atoms. The third-order valence-corrected chi connectivity index (χ3v) is 6.12. The second kappa shape index (κ2) is 10.5. The van der Waals surface area contributed by atoms with E-state index in [1.165, 1.54) is 0 Å². The molecule has 1 fully saturated rings. The summed E-state index contributed by atoms with van der Waals surface area (Å²) in [5.74, 6) is 3.04. The van der Waals surface area contributed by atoms with E-state index in [1.807, 2.05) is 55.5 Å². The zero-order chi connectivity index (χ0) is 23.2. The van der Waals surface area contributed by atoms with Crippen molar-refractivity contribution in [2.24, 2.45) is 5.92 Å². The molecule has 7 heteroatoms. The van der Waals surface area contributed by atoms with Crippen LogP contribution in [-0.4, -0.2) is 43.1 Å². The van der Waals surface area contributed by atoms with Gasteiger partial charge in [0.25, 0.3) is 0 Å². The molecule has 0 radical (unpaired) electrons. The Labute approximate surface area is 194 Å². The van der Waals surface area contributed by atoms with E-state index in [-0.39, 0.29) is 11.8 Å². The number of hydrogen-bond donors (Lipinski definition) is 1. The number of oxazole rings is 1. The molecule has 7 nitrogen and oxygen atoms in total. The minimum absolute atomic E-state index is 0.0401. The van der Waals surface area contributed by atoms with Gasteiger partial charge in [-0.25, -0.2) is 4.98 Å². The minimum atomic E-state index is -0.0401. The van der Waals surface area contributed by atoms with Gasteiger partial charge in [0.1, 0.15) is 17.3 Å². The first-order valence-electron chi connectivity index (χ1n) is 11.3. The summed E-state index contributed by atoms with van der Waals surface area (Å²) in [6.07, 6.45) is 1.87. The number of amides is 1. The number of nitrogens with one attached hydrogen (secondary N) is 1. The Bertz CT molecular complexity index is 1080. The third kappa shape index (κ3) is 5.54. The molecule has 1 amide bonds. The van der Waals surface area contributed by atoms with E-state index in [4.69, 9.17) is 18.9 Å². The van der Waals surface area contributed by atoms with Gasteiger partial charge in [0, 0.05) is 30.8 Å². The summed E-state index contributed by atoms with van der Waals surface area (Å²) in [4.78, 5) is 19.9. The highest BCUT2D eigenvalue weighted by Crippen LogP contribution is 2.26. The molecule has 1 unspecified atom stereocenters. The number of rotatable bonds is 8. The fraction of sp³-hybridized carbons (Fsp3) is 0.385. The van der Waals surface area contributed by atoms with Crippen molar-refractivity contribution in [1.29, 1.82) is 0 Å². The van der Waals surface area contributed by atoms with Crippen LogP contribution in [0.5, 0.6) is 11.5 Å². The number of aryl methyl sites for hydroxylation is 1. The number of nitrogens with zero attached hydrogens (tertiary/aromatic N) is 2. The Kier molecular flexibility index (Phi) is 7.29. The van der Waals surface area contributed by atoms with Gasteiger partial charge in [-0.3, -0.25) is 9.69 Å². The van der Waals surface area contributed by atoms with Crippen molar-refractivity contribution < 1.29 is 18.7 Å². The predicted molar refractivity (Wildman–Crippen MR) is 126 cm³/mol. The lowest BCUT2D eigenvalue weighted by atomic mass is 9.97. The molecule has 4 rings (SSSR count). The molecule has 1 aromatic heterocycles. The van der Waals surface area contributed by atoms with Crippen LogP contribution in [0.2, 0.25) is 0 Å². The van der Waals surface area contributed by atoms with Crippen LogP contribution in [0.25, 0.3) is 11.5 Å². The van der Waals surface area contributed by atoms with E-state index in [1.54, 1.807) is 14.2 Å². The van der Waals surface area contributed by atoms with Crippen molar-refractivity contribution in [1.82, 2.24) is 15.2 Å². The summed E-state index contributed by atoms with van der Waals surface area (Å²) in [6.45, 7) is 4.73. The lowest BCUT2D eigenvalue weighted by molar-refractivity contribution is -0.127. The molecule has 3 aromatic rings. The average Bonchev–Trinajstić information content (AvgIpc) is 3.22. The van der Waals surface area contributed by atoms with Crippen LogP contribution in [-0.2, 0) is 17.9 Å². The van der Waals surface area contributed by atoms with Crippen LogP contribution in [0, 0.1) is 12.8 Å². The van der Waals surface area contributed by atoms with Crippen LogP contribution >= 0.6 is 0 Å². The van der Waals surface area contributed by atoms with Crippen LogP contribution in [0.15, 0.2) is 52.9 Å². The fourth-order valence-corrected chi connectivity index (χ4v) is 4.23. The van der Waals surface area contributed by atoms with Crippen molar-refractivity contribution in [2.75, 3.05) is 27.3 Å². The number of carbonyl (C=O) groups excluding carboxylic acids is 1. The Balaban J connectivity index is 1.35. The van der Waals surface area contributed by atoms with Gasteiger partial charge in [0.05, 0.1) is 25.8 Å². The van der Waals surface area contributed by atoms with Gasteiger partial charge in [0.15, 0.2) is 0 Å². The topological polar surface area (TPSA) is 76.8 Å². The Morgan fingerprint density at radius 1 is 1.15 bits per heavy atom. The molecule has 0 saturated carbocycles. The molecule has 1 N–H and O–H groups in total. The van der Waals surface area contributed by atoms with E-state index in [0.29, 0.717) is 25.5 Å². The monoisotopic (exact) mass is 449 g/mol. The molecule has 1 aliphatic heterocycles. The maximum Gasteiger partial charge on any atom is 0.226 e. The first kappa shape index (κ1) is 22.9. The summed E-state index contributed by atoms with van der Waals surface area (Å²) in [7, 11) is 3.29. The van der Waals surface area contributed by atoms with Gasteiger partial charge in [-0.05, 0) is 56.6 Å². The normalized spacial score (nSPS) is 16.4. The third-order valence-electron chi connectivity index (χ3n) is 6.12. The number of likely N-dealkylation sites (tertiary alicyclic amines) is 1. The van der Waals surface area contributed by atoms with Gasteiger partial charge in [0.2, 0.25) is 11.8 Å². The smallest absolute Gasteiger partial charge is 0.226 e. The van der Waals surface area contributed by atoms with Gasteiger partial charge >= 0.3 is 0 Å². The van der Waals surface area contributed by atoms with Crippen LogP contribution in [0.3, 0.4) is 0 Å². The van der Waals surface area contributed by atoms with Crippen molar-refractivity contribution >= 4 is 5.91 Å². The number of hydrogen-bond acceptors (Lipinski definition) is 6. The maximum atomic E-state index is 12.9. The lowest BCUT2D eigenvalue weighted by Gasteiger charge is -2.31. The molecular formula is C26H31N3O4. The molecule has 174 valence electrons. The largest absolute Gasteiger partial charge is 0.497 e. The Hall–Kier alpha value is -3.32. The van der Waals surface area contributed by atoms with E-state index in [2.05, 4.69) is 10.2 Å². The summed E-state index contributed by atoms with van der Waals surface area (Å²) in [6, 6.07) is 15.4. The summed E-state index contributed by atoms with van der Waals surface area (Å²) in [5.41, 5.74) is 2.80. The van der Waals surface area contributed by atoms with Crippen molar-refractivity contribution in [2.45, 2.75) is 32.9 Å². The highest BCUT2D eigenvalue weighted by atomic mass is 16.5. The number of carbonyl (C=O) groups is 1. The van der Waals surface area contributed by atoms with Crippen LogP contribution in [0.4, 0.5) is 0 Å². The van der Waals surface area contributed by atoms with Crippen LogP contribution < -0.4 is 14.8 Å². The summed E-state index contributed by atoms with van der Waals surface area (Å²) < 4.78 is 16.5. The molecule has 2 aromatic carbocycles. The number of benzene rings is 2. The van der Waals surface area contributed by atoms with Crippen molar-refractivity contribution in [3.8, 4) is 23.0 Å². The number of para-hydroxylation sites is 1. The average molecular weight is 450 g/mol. The molecule has 1 aliphatic rings. The summed E-state index contributed by atoms with van der Waals surface area (Å²) >= 11 is 0. The number of methoxy groups -OCH3 is 2. The minimum Gasteiger partial charge on any atom is -0.497 e. The van der Waals surface area contributed by atoms with Crippen molar-refractivity contribution in [3.05, 3.63) is 65.5 Å². The van der Waals surface area contributed by atoms with Gasteiger partial charge < -0.3 is 19.2 Å². The second-order valence-electron chi connectivity index (χ2n) is 8.35. The Morgan fingerprint density at radius 2 is 1.94 bits per heavy atom. The molecule has 2 heterocycles. The SMILES string of the molecule is COc1ccc(-c2nc(CN3CCCC(C(=O)NCc4ccccc4OC)C3)c(C)o2)cc1. The molecule has 0 aliphatic carbocycles. The highest BCUT2D eigenvalue weighted by molar-refractivity contribution is 5.79. The standard InChI is InChI=1S/C26H31N3O4/c1-18-23(28-26(33-18)19-10-12-22(31-2)13-11-19)17-29-14-6-8-21(16-29)25(30)27-15-20-7-4-5-9-24(20)32-3/h4-5,7,9-13,21H,6,8,14-17H2,1-3H3,(H,27,30). The van der Waals surface area contributed by atoms with Crippen LogP contribution in [0.1, 0.15) is 29.9 Å². The first-order chi connectivity index (χ1) is 16.1. The number of ether oxygens (including phenoxy) is 2. The molecule has 0 bridgehead atoms. The fourth-order valence-electron chi connectivity index (χ4n) is 4.23. The van der Waals surface area contributed by atoms with E-state index >= 15 is 0 Å². The number of aromatic nitrogens is 1. The molecular weight excluding hydrogens is 418 g/mol. The van der Waals surface area contributed by atoms with Gasteiger partial charge in [-0.2, -0.15) is 0 Å². The zero-order valence-electron chi connectivity index (χ0n) is 19.5. The second-order valence-corrected chi connectivity index (χ2v) is 8.35. The Morgan fingerprint density at radius 3 is 2.70 bits per heavy atom. The molecule has 0 spiro atoms. The number of piperidine rings is 1. The highest BCUT2D eigenvalue weighted by Gasteiger charge is 2.27. The van der Waals surface area contributed by atoms with Gasteiger partial charge in [-0.15, -0.1) is 0 Å².